The minimum atomic E-state index is -0.890. The van der Waals surface area contributed by atoms with Crippen molar-refractivity contribution in [3.63, 3.8) is 0 Å². The van der Waals surface area contributed by atoms with Gasteiger partial charge >= 0.3 is 11.9 Å². The molecule has 0 spiro atoms. The summed E-state index contributed by atoms with van der Waals surface area (Å²) in [6.45, 7) is 2.04. The number of carbonyl (C=O) groups excluding carboxylic acids is 2. The quantitative estimate of drug-likeness (QED) is 0.755. The molecule has 1 aromatic heterocycles. The van der Waals surface area contributed by atoms with Gasteiger partial charge in [-0.1, -0.05) is 13.3 Å². The first-order chi connectivity index (χ1) is 12.0. The van der Waals surface area contributed by atoms with Crippen molar-refractivity contribution < 1.29 is 24.2 Å². The Balaban J connectivity index is 1.83. The maximum Gasteiger partial charge on any atom is 0.340 e. The first kappa shape index (κ1) is 17.9. The first-order valence-electron chi connectivity index (χ1n) is 8.70. The van der Waals surface area contributed by atoms with Crippen molar-refractivity contribution in [2.75, 3.05) is 12.4 Å². The van der Waals surface area contributed by atoms with Crippen LogP contribution < -0.4 is 5.32 Å². The summed E-state index contributed by atoms with van der Waals surface area (Å²) in [5, 5.41) is 12.8. The molecule has 25 heavy (non-hydrogen) atoms. The molecular weight excluding hydrogens is 342 g/mol. The van der Waals surface area contributed by atoms with E-state index in [0.717, 1.165) is 37.0 Å². The van der Waals surface area contributed by atoms with Gasteiger partial charge in [0.1, 0.15) is 5.00 Å². The lowest BCUT2D eigenvalue weighted by Crippen LogP contribution is -2.37. The molecule has 0 saturated heterocycles. The Morgan fingerprint density at radius 3 is 2.56 bits per heavy atom. The number of carbonyl (C=O) groups is 3. The van der Waals surface area contributed by atoms with Crippen molar-refractivity contribution in [2.24, 2.45) is 23.7 Å². The maximum atomic E-state index is 12.8. The highest BCUT2D eigenvalue weighted by Crippen LogP contribution is 2.52. The molecule has 136 valence electrons. The van der Waals surface area contributed by atoms with E-state index in [1.165, 1.54) is 18.4 Å². The van der Waals surface area contributed by atoms with Gasteiger partial charge in [-0.15, -0.1) is 11.3 Å². The molecule has 2 aliphatic rings. The largest absolute Gasteiger partial charge is 0.481 e. The summed E-state index contributed by atoms with van der Waals surface area (Å²) in [5.41, 5.74) is 0.347. The Morgan fingerprint density at radius 1 is 1.28 bits per heavy atom. The molecular formula is C18H23NO5S. The number of methoxy groups -OCH3 is 1. The molecule has 3 rings (SSSR count). The summed E-state index contributed by atoms with van der Waals surface area (Å²) in [7, 11) is 1.31. The van der Waals surface area contributed by atoms with E-state index >= 15 is 0 Å². The third kappa shape index (κ3) is 3.29. The zero-order chi connectivity index (χ0) is 18.1. The Kier molecular flexibility index (Phi) is 5.13. The van der Waals surface area contributed by atoms with Gasteiger partial charge in [0, 0.05) is 4.88 Å². The van der Waals surface area contributed by atoms with E-state index in [-0.39, 0.29) is 17.7 Å². The third-order valence-electron chi connectivity index (χ3n) is 5.43. The van der Waals surface area contributed by atoms with E-state index in [9.17, 15) is 19.5 Å². The van der Waals surface area contributed by atoms with E-state index in [0.29, 0.717) is 10.6 Å². The fourth-order valence-electron chi connectivity index (χ4n) is 4.39. The second kappa shape index (κ2) is 7.15. The van der Waals surface area contributed by atoms with Gasteiger partial charge in [0.05, 0.1) is 24.5 Å². The Morgan fingerprint density at radius 2 is 1.96 bits per heavy atom. The molecule has 2 N–H and O–H groups in total. The van der Waals surface area contributed by atoms with Crippen molar-refractivity contribution in [2.45, 2.75) is 39.0 Å². The molecule has 0 unspecified atom stereocenters. The van der Waals surface area contributed by atoms with Crippen LogP contribution in [0.15, 0.2) is 6.07 Å². The smallest absolute Gasteiger partial charge is 0.340 e. The molecule has 4 atom stereocenters. The van der Waals surface area contributed by atoms with E-state index in [4.69, 9.17) is 4.74 Å². The zero-order valence-electron chi connectivity index (χ0n) is 14.4. The van der Waals surface area contributed by atoms with Crippen molar-refractivity contribution in [3.05, 3.63) is 16.5 Å². The monoisotopic (exact) mass is 365 g/mol. The number of rotatable bonds is 6. The maximum absolute atomic E-state index is 12.8. The summed E-state index contributed by atoms with van der Waals surface area (Å²) in [6, 6.07) is 1.76. The summed E-state index contributed by atoms with van der Waals surface area (Å²) < 4.78 is 4.81. The van der Waals surface area contributed by atoms with E-state index < -0.39 is 23.8 Å². The summed E-state index contributed by atoms with van der Waals surface area (Å²) in [5.74, 6) is -2.57. The van der Waals surface area contributed by atoms with Gasteiger partial charge < -0.3 is 15.2 Å². The van der Waals surface area contributed by atoms with Crippen LogP contribution >= 0.6 is 11.3 Å². The SMILES string of the molecule is CCCc1cc(C(=O)OC)c(NC(=O)[C@@H]2[C@H]3CC[C@@H](C3)[C@@H]2C(=O)O)s1. The third-order valence-corrected chi connectivity index (χ3v) is 6.54. The van der Waals surface area contributed by atoms with Crippen molar-refractivity contribution >= 4 is 34.2 Å². The van der Waals surface area contributed by atoms with Crippen LogP contribution in [-0.4, -0.2) is 30.1 Å². The predicted molar refractivity (Wildman–Crippen MR) is 93.7 cm³/mol. The van der Waals surface area contributed by atoms with Crippen LogP contribution in [0.25, 0.3) is 0 Å². The van der Waals surface area contributed by atoms with Crippen LogP contribution in [0.4, 0.5) is 5.00 Å². The van der Waals surface area contributed by atoms with Crippen molar-refractivity contribution in [1.82, 2.24) is 0 Å². The molecule has 0 radical (unpaired) electrons. The van der Waals surface area contributed by atoms with Gasteiger partial charge in [-0.3, -0.25) is 9.59 Å². The van der Waals surface area contributed by atoms with Crippen molar-refractivity contribution in [1.29, 1.82) is 0 Å². The fraction of sp³-hybridized carbons (Fsp3) is 0.611. The average molecular weight is 365 g/mol. The lowest BCUT2D eigenvalue weighted by atomic mass is 9.79. The minimum Gasteiger partial charge on any atom is -0.481 e. The highest BCUT2D eigenvalue weighted by atomic mass is 32.1. The Bertz CT molecular complexity index is 698. The number of fused-ring (bicyclic) bond motifs is 2. The summed E-state index contributed by atoms with van der Waals surface area (Å²) in [4.78, 5) is 37.4. The number of anilines is 1. The van der Waals surface area contributed by atoms with E-state index in [1.807, 2.05) is 6.92 Å². The van der Waals surface area contributed by atoms with Crippen LogP contribution in [0.2, 0.25) is 0 Å². The standard InChI is InChI=1S/C18H23NO5S/c1-3-4-11-8-12(18(23)24-2)16(25-11)19-15(20)13-9-5-6-10(7-9)14(13)17(21)22/h8-10,13-14H,3-7H2,1-2H3,(H,19,20)(H,21,22)/t9-,10-,13+,14-/m0/s1. The molecule has 1 aromatic rings. The predicted octanol–water partition coefficient (Wildman–Crippen LogP) is 3.17. The Labute approximate surface area is 150 Å². The van der Waals surface area contributed by atoms with Gasteiger partial charge in [-0.05, 0) is 43.6 Å². The molecule has 2 saturated carbocycles. The number of hydrogen-bond acceptors (Lipinski definition) is 5. The molecule has 6 nitrogen and oxygen atoms in total. The molecule has 0 aliphatic heterocycles. The van der Waals surface area contributed by atoms with Crippen LogP contribution in [0.1, 0.15) is 47.8 Å². The molecule has 1 heterocycles. The highest BCUT2D eigenvalue weighted by Gasteiger charge is 2.54. The molecule has 0 aromatic carbocycles. The number of carboxylic acids is 1. The van der Waals surface area contributed by atoms with Gasteiger partial charge in [-0.25, -0.2) is 4.79 Å². The van der Waals surface area contributed by atoms with E-state index in [2.05, 4.69) is 5.32 Å². The normalized spacial score (nSPS) is 27.3. The van der Waals surface area contributed by atoms with Crippen LogP contribution in [0.3, 0.4) is 0 Å². The Hall–Kier alpha value is -1.89. The number of carboxylic acid groups (broad SMARTS) is 1. The van der Waals surface area contributed by atoms with Gasteiger partial charge in [0.15, 0.2) is 0 Å². The van der Waals surface area contributed by atoms with Gasteiger partial charge in [0.25, 0.3) is 0 Å². The molecule has 2 fully saturated rings. The average Bonchev–Trinajstić information content (AvgIpc) is 3.28. The van der Waals surface area contributed by atoms with Crippen LogP contribution in [-0.2, 0) is 20.7 Å². The lowest BCUT2D eigenvalue weighted by Gasteiger charge is -2.26. The fourth-order valence-corrected chi connectivity index (χ4v) is 5.53. The minimum absolute atomic E-state index is 0.0947. The second-order valence-corrected chi connectivity index (χ2v) is 8.05. The molecule has 7 heteroatoms. The topological polar surface area (TPSA) is 92.7 Å². The molecule has 2 aliphatic carbocycles. The number of aliphatic carboxylic acids is 1. The van der Waals surface area contributed by atoms with Crippen LogP contribution in [0, 0.1) is 23.7 Å². The molecule has 2 bridgehead atoms. The number of hydrogen-bond donors (Lipinski definition) is 2. The number of nitrogens with one attached hydrogen (secondary N) is 1. The number of aryl methyl sites for hydroxylation is 1. The number of thiophene rings is 1. The van der Waals surface area contributed by atoms with Crippen molar-refractivity contribution in [3.8, 4) is 0 Å². The van der Waals surface area contributed by atoms with Gasteiger partial charge in [0.2, 0.25) is 5.91 Å². The number of amides is 1. The highest BCUT2D eigenvalue weighted by molar-refractivity contribution is 7.16. The second-order valence-electron chi connectivity index (χ2n) is 6.91. The summed E-state index contributed by atoms with van der Waals surface area (Å²) >= 11 is 1.36. The summed E-state index contributed by atoms with van der Waals surface area (Å²) in [6.07, 6.45) is 4.35. The number of esters is 1. The van der Waals surface area contributed by atoms with Crippen LogP contribution in [0.5, 0.6) is 0 Å². The van der Waals surface area contributed by atoms with E-state index in [1.54, 1.807) is 6.07 Å². The number of ether oxygens (including phenoxy) is 1. The first-order valence-corrected chi connectivity index (χ1v) is 9.52. The lowest BCUT2D eigenvalue weighted by molar-refractivity contribution is -0.148. The molecule has 1 amide bonds. The van der Waals surface area contributed by atoms with Gasteiger partial charge in [-0.2, -0.15) is 0 Å². The zero-order valence-corrected chi connectivity index (χ0v) is 15.2.